The van der Waals surface area contributed by atoms with Gasteiger partial charge in [-0.05, 0) is 35.9 Å². The predicted molar refractivity (Wildman–Crippen MR) is 99.6 cm³/mol. The van der Waals surface area contributed by atoms with Gasteiger partial charge >= 0.3 is 0 Å². The summed E-state index contributed by atoms with van der Waals surface area (Å²) in [6, 6.07) is 14.9. The van der Waals surface area contributed by atoms with Crippen LogP contribution in [0.15, 0.2) is 48.7 Å². The maximum Gasteiger partial charge on any atom is 0.0729 e. The Labute approximate surface area is 142 Å². The molecular formula is C20H23N3O. The van der Waals surface area contributed by atoms with Crippen LogP contribution in [-0.2, 0) is 4.74 Å². The van der Waals surface area contributed by atoms with E-state index in [1.54, 1.807) is 0 Å². The molecule has 0 radical (unpaired) electrons. The van der Waals surface area contributed by atoms with Crippen molar-refractivity contribution in [1.82, 2.24) is 9.88 Å². The lowest BCUT2D eigenvalue weighted by Gasteiger charge is -2.26. The summed E-state index contributed by atoms with van der Waals surface area (Å²) < 4.78 is 5.40. The molecule has 4 nitrogen and oxygen atoms in total. The maximum absolute atomic E-state index is 5.40. The Hall–Kier alpha value is -2.17. The molecule has 2 heterocycles. The third-order valence-electron chi connectivity index (χ3n) is 4.70. The molecular weight excluding hydrogens is 298 g/mol. The van der Waals surface area contributed by atoms with Crippen LogP contribution in [0.1, 0.15) is 6.42 Å². The smallest absolute Gasteiger partial charge is 0.0729 e. The average Bonchev–Trinajstić information content (AvgIpc) is 2.66. The highest BCUT2D eigenvalue weighted by Crippen LogP contribution is 2.29. The molecule has 0 saturated carbocycles. The molecule has 1 aliphatic heterocycles. The monoisotopic (exact) mass is 321 g/mol. The first-order valence-electron chi connectivity index (χ1n) is 8.72. The Balaban J connectivity index is 1.50. The number of fused-ring (bicyclic) bond motifs is 3. The number of hydrogen-bond acceptors (Lipinski definition) is 4. The zero-order valence-corrected chi connectivity index (χ0v) is 13.9. The number of rotatable bonds is 5. The van der Waals surface area contributed by atoms with Crippen molar-refractivity contribution in [3.05, 3.63) is 48.7 Å². The molecule has 1 aromatic heterocycles. The molecule has 1 N–H and O–H groups in total. The van der Waals surface area contributed by atoms with E-state index in [-0.39, 0.29) is 0 Å². The number of anilines is 1. The van der Waals surface area contributed by atoms with Crippen molar-refractivity contribution in [3.63, 3.8) is 0 Å². The second-order valence-electron chi connectivity index (χ2n) is 6.27. The lowest BCUT2D eigenvalue weighted by Crippen LogP contribution is -2.37. The van der Waals surface area contributed by atoms with Gasteiger partial charge in [0.1, 0.15) is 0 Å². The number of pyridine rings is 1. The third kappa shape index (κ3) is 3.21. The third-order valence-corrected chi connectivity index (χ3v) is 4.70. The molecule has 1 saturated heterocycles. The normalized spacial score (nSPS) is 15.8. The highest BCUT2D eigenvalue weighted by molar-refractivity contribution is 6.11. The Morgan fingerprint density at radius 2 is 1.92 bits per heavy atom. The summed E-state index contributed by atoms with van der Waals surface area (Å²) in [6.45, 7) is 5.95. The number of benzene rings is 2. The van der Waals surface area contributed by atoms with Gasteiger partial charge in [-0.25, -0.2) is 0 Å². The molecule has 2 aromatic carbocycles. The van der Waals surface area contributed by atoms with E-state index in [2.05, 4.69) is 57.7 Å². The van der Waals surface area contributed by atoms with E-state index in [0.717, 1.165) is 51.3 Å². The van der Waals surface area contributed by atoms with Crippen molar-refractivity contribution < 1.29 is 4.74 Å². The molecule has 4 rings (SSSR count). The van der Waals surface area contributed by atoms with Crippen LogP contribution in [0.25, 0.3) is 21.7 Å². The van der Waals surface area contributed by atoms with Crippen molar-refractivity contribution >= 4 is 27.4 Å². The van der Waals surface area contributed by atoms with Crippen LogP contribution in [0.2, 0.25) is 0 Å². The molecule has 24 heavy (non-hydrogen) atoms. The van der Waals surface area contributed by atoms with Crippen LogP contribution in [0.3, 0.4) is 0 Å². The fraction of sp³-hybridized carbons (Fsp3) is 0.350. The average molecular weight is 321 g/mol. The second-order valence-corrected chi connectivity index (χ2v) is 6.27. The van der Waals surface area contributed by atoms with Gasteiger partial charge < -0.3 is 10.1 Å². The van der Waals surface area contributed by atoms with Gasteiger partial charge in [-0.1, -0.05) is 30.3 Å². The van der Waals surface area contributed by atoms with E-state index in [9.17, 15) is 0 Å². The predicted octanol–water partition coefficient (Wildman–Crippen LogP) is 3.52. The topological polar surface area (TPSA) is 37.4 Å². The number of hydrogen-bond donors (Lipinski definition) is 1. The van der Waals surface area contributed by atoms with Crippen molar-refractivity contribution in [2.75, 3.05) is 44.7 Å². The van der Waals surface area contributed by atoms with Gasteiger partial charge in [0.2, 0.25) is 0 Å². The molecule has 0 amide bonds. The van der Waals surface area contributed by atoms with Gasteiger partial charge in [-0.2, -0.15) is 0 Å². The maximum atomic E-state index is 5.40. The van der Waals surface area contributed by atoms with E-state index < -0.39 is 0 Å². The summed E-state index contributed by atoms with van der Waals surface area (Å²) in [5, 5.41) is 7.37. The zero-order valence-electron chi connectivity index (χ0n) is 13.9. The van der Waals surface area contributed by atoms with E-state index in [1.165, 1.54) is 21.8 Å². The number of nitrogens with zero attached hydrogens (tertiary/aromatic N) is 2. The summed E-state index contributed by atoms with van der Waals surface area (Å²) in [5.41, 5.74) is 2.23. The highest BCUT2D eigenvalue weighted by Gasteiger charge is 2.10. The second kappa shape index (κ2) is 7.16. The van der Waals surface area contributed by atoms with Crippen molar-refractivity contribution in [1.29, 1.82) is 0 Å². The molecule has 3 aromatic rings. The van der Waals surface area contributed by atoms with Gasteiger partial charge in [0.15, 0.2) is 0 Å². The van der Waals surface area contributed by atoms with E-state index in [1.807, 2.05) is 6.20 Å². The van der Waals surface area contributed by atoms with Crippen LogP contribution < -0.4 is 5.32 Å². The lowest BCUT2D eigenvalue weighted by atomic mass is 10.0. The number of aromatic nitrogens is 1. The summed E-state index contributed by atoms with van der Waals surface area (Å²) in [6.07, 6.45) is 3.02. The molecule has 1 fully saturated rings. The minimum absolute atomic E-state index is 0.869. The number of nitrogens with one attached hydrogen (secondary N) is 1. The van der Waals surface area contributed by atoms with E-state index >= 15 is 0 Å². The summed E-state index contributed by atoms with van der Waals surface area (Å²) in [7, 11) is 0. The molecule has 124 valence electrons. The van der Waals surface area contributed by atoms with Gasteiger partial charge in [-0.3, -0.25) is 9.88 Å². The first-order chi connectivity index (χ1) is 11.9. The van der Waals surface area contributed by atoms with Gasteiger partial charge in [-0.15, -0.1) is 0 Å². The van der Waals surface area contributed by atoms with Crippen molar-refractivity contribution in [2.45, 2.75) is 6.42 Å². The standard InChI is InChI=1S/C20H23N3O/c1-2-5-17-16(4-1)6-7-18-20(17)19(8-10-22-18)21-9-3-11-23-12-14-24-15-13-23/h1-2,4-8,10H,3,9,11-15H2,(H,21,22). The lowest BCUT2D eigenvalue weighted by molar-refractivity contribution is 0.0378. The summed E-state index contributed by atoms with van der Waals surface area (Å²) in [5.74, 6) is 0. The molecule has 0 aliphatic carbocycles. The molecule has 0 bridgehead atoms. The van der Waals surface area contributed by atoms with E-state index in [4.69, 9.17) is 4.74 Å². The van der Waals surface area contributed by atoms with Crippen LogP contribution in [0.4, 0.5) is 5.69 Å². The quantitative estimate of drug-likeness (QED) is 0.576. The Bertz CT molecular complexity index is 827. The SMILES string of the molecule is c1ccc2c(c1)ccc1nccc(NCCCN3CCOCC3)c12. The highest BCUT2D eigenvalue weighted by atomic mass is 16.5. The Morgan fingerprint density at radius 3 is 2.83 bits per heavy atom. The van der Waals surface area contributed by atoms with Crippen LogP contribution in [0.5, 0.6) is 0 Å². The summed E-state index contributed by atoms with van der Waals surface area (Å²) in [4.78, 5) is 7.01. The van der Waals surface area contributed by atoms with Gasteiger partial charge in [0.25, 0.3) is 0 Å². The fourth-order valence-electron chi connectivity index (χ4n) is 3.42. The minimum atomic E-state index is 0.869. The molecule has 0 atom stereocenters. The number of ether oxygens (including phenoxy) is 1. The fourth-order valence-corrected chi connectivity index (χ4v) is 3.42. The first kappa shape index (κ1) is 15.4. The van der Waals surface area contributed by atoms with Crippen LogP contribution >= 0.6 is 0 Å². The van der Waals surface area contributed by atoms with Crippen LogP contribution in [-0.4, -0.2) is 49.3 Å². The molecule has 0 spiro atoms. The van der Waals surface area contributed by atoms with Gasteiger partial charge in [0, 0.05) is 36.9 Å². The van der Waals surface area contributed by atoms with Gasteiger partial charge in [0.05, 0.1) is 18.7 Å². The largest absolute Gasteiger partial charge is 0.384 e. The molecule has 4 heteroatoms. The minimum Gasteiger partial charge on any atom is -0.384 e. The van der Waals surface area contributed by atoms with Crippen molar-refractivity contribution in [2.24, 2.45) is 0 Å². The zero-order chi connectivity index (χ0) is 16.2. The molecule has 0 unspecified atom stereocenters. The number of morpholine rings is 1. The van der Waals surface area contributed by atoms with E-state index in [0.29, 0.717) is 0 Å². The van der Waals surface area contributed by atoms with Crippen LogP contribution in [0, 0.1) is 0 Å². The Kier molecular flexibility index (Phi) is 4.58. The summed E-state index contributed by atoms with van der Waals surface area (Å²) >= 11 is 0. The Morgan fingerprint density at radius 1 is 1.04 bits per heavy atom. The molecule has 1 aliphatic rings. The first-order valence-corrected chi connectivity index (χ1v) is 8.72. The van der Waals surface area contributed by atoms with Crippen molar-refractivity contribution in [3.8, 4) is 0 Å².